The third-order valence-electron chi connectivity index (χ3n) is 2.34. The molecule has 2 rings (SSSR count). The average molecular weight is 418 g/mol. The second kappa shape index (κ2) is 6.04. The summed E-state index contributed by atoms with van der Waals surface area (Å²) >= 11 is 14.1. The highest BCUT2D eigenvalue weighted by atomic mass is 79.9. The van der Waals surface area contributed by atoms with Gasteiger partial charge in [0.25, 0.3) is 10.0 Å². The summed E-state index contributed by atoms with van der Waals surface area (Å²) in [5.41, 5.74) is -0.422. The fourth-order valence-electron chi connectivity index (χ4n) is 1.36. The van der Waals surface area contributed by atoms with Crippen molar-refractivity contribution >= 4 is 54.8 Å². The molecule has 0 bridgehead atoms. The van der Waals surface area contributed by atoms with Gasteiger partial charge in [0.2, 0.25) is 0 Å². The summed E-state index contributed by atoms with van der Waals surface area (Å²) < 4.78 is 52.7. The zero-order valence-corrected chi connectivity index (χ0v) is 13.8. The first-order valence-electron chi connectivity index (χ1n) is 5.19. The number of nitrogens with one attached hydrogen (secondary N) is 1. The van der Waals surface area contributed by atoms with Crippen LogP contribution in [0.2, 0.25) is 10.2 Å². The van der Waals surface area contributed by atoms with Crippen molar-refractivity contribution in [3.05, 3.63) is 50.7 Å². The molecule has 0 fully saturated rings. The number of rotatable bonds is 3. The van der Waals surface area contributed by atoms with Crippen LogP contribution in [0.25, 0.3) is 0 Å². The summed E-state index contributed by atoms with van der Waals surface area (Å²) in [6.45, 7) is 0. The van der Waals surface area contributed by atoms with Crippen molar-refractivity contribution in [1.29, 1.82) is 0 Å². The molecule has 0 spiro atoms. The standard InChI is InChI=1S/C11H5BrCl2F2N2O2S/c12-6-2-10(9(16)3-8(6)15)18-21(19,20)5-1-7(13)11(14)17-4-5/h1-4,18H. The Bertz CT molecular complexity index is 818. The van der Waals surface area contributed by atoms with Crippen LogP contribution in [0.4, 0.5) is 14.5 Å². The average Bonchev–Trinajstić information content (AvgIpc) is 2.39. The van der Waals surface area contributed by atoms with E-state index >= 15 is 0 Å². The number of nitrogens with zero attached hydrogens (tertiary/aromatic N) is 1. The zero-order valence-electron chi connectivity index (χ0n) is 9.87. The maximum absolute atomic E-state index is 13.6. The number of halogens is 5. The van der Waals surface area contributed by atoms with Crippen molar-refractivity contribution in [3.63, 3.8) is 0 Å². The molecule has 1 aromatic heterocycles. The van der Waals surface area contributed by atoms with Crippen LogP contribution < -0.4 is 4.72 Å². The van der Waals surface area contributed by atoms with Gasteiger partial charge in [0.1, 0.15) is 21.7 Å². The van der Waals surface area contributed by atoms with Crippen LogP contribution in [0.5, 0.6) is 0 Å². The van der Waals surface area contributed by atoms with Crippen molar-refractivity contribution < 1.29 is 17.2 Å². The van der Waals surface area contributed by atoms with Crippen LogP contribution in [-0.4, -0.2) is 13.4 Å². The maximum Gasteiger partial charge on any atom is 0.263 e. The summed E-state index contributed by atoms with van der Waals surface area (Å²) in [5.74, 6) is -1.92. The molecule has 0 aliphatic rings. The van der Waals surface area contributed by atoms with Crippen LogP contribution in [0.3, 0.4) is 0 Å². The van der Waals surface area contributed by atoms with Crippen molar-refractivity contribution in [2.24, 2.45) is 0 Å². The Balaban J connectivity index is 2.42. The van der Waals surface area contributed by atoms with Crippen LogP contribution in [0.1, 0.15) is 0 Å². The minimum Gasteiger partial charge on any atom is -0.277 e. The van der Waals surface area contributed by atoms with E-state index in [0.717, 1.165) is 18.3 Å². The summed E-state index contributed by atoms with van der Waals surface area (Å²) in [5, 5.41) is -0.133. The molecule has 21 heavy (non-hydrogen) atoms. The van der Waals surface area contributed by atoms with Crippen LogP contribution in [0, 0.1) is 11.6 Å². The number of aromatic nitrogens is 1. The van der Waals surface area contributed by atoms with E-state index in [9.17, 15) is 17.2 Å². The van der Waals surface area contributed by atoms with E-state index in [-0.39, 0.29) is 19.5 Å². The normalized spacial score (nSPS) is 11.5. The van der Waals surface area contributed by atoms with Crippen molar-refractivity contribution in [3.8, 4) is 0 Å². The van der Waals surface area contributed by atoms with E-state index in [1.54, 1.807) is 0 Å². The number of pyridine rings is 1. The predicted octanol–water partition coefficient (Wildman–Crippen LogP) is 4.23. The highest BCUT2D eigenvalue weighted by Gasteiger charge is 2.19. The fourth-order valence-corrected chi connectivity index (χ4v) is 3.06. The number of benzene rings is 1. The first kappa shape index (κ1) is 16.4. The molecule has 0 aliphatic heterocycles. The quantitative estimate of drug-likeness (QED) is 0.600. The summed E-state index contributed by atoms with van der Waals surface area (Å²) in [6, 6.07) is 2.58. The molecule has 0 aliphatic carbocycles. The topological polar surface area (TPSA) is 59.1 Å². The summed E-state index contributed by atoms with van der Waals surface area (Å²) in [7, 11) is -4.14. The molecule has 4 nitrogen and oxygen atoms in total. The van der Waals surface area contributed by atoms with Crippen LogP contribution in [0.15, 0.2) is 33.8 Å². The van der Waals surface area contributed by atoms with Gasteiger partial charge in [0, 0.05) is 12.3 Å². The molecule has 0 unspecified atom stereocenters. The minimum absolute atomic E-state index is 0.0636. The summed E-state index contributed by atoms with van der Waals surface area (Å²) in [4.78, 5) is 3.28. The molecule has 2 aromatic rings. The minimum atomic E-state index is -4.14. The molecule has 112 valence electrons. The van der Waals surface area contributed by atoms with Crippen molar-refractivity contribution in [2.75, 3.05) is 4.72 Å². The van der Waals surface area contributed by atoms with E-state index in [4.69, 9.17) is 23.2 Å². The van der Waals surface area contributed by atoms with Gasteiger partial charge in [0.05, 0.1) is 15.2 Å². The Kier molecular flexibility index (Phi) is 4.72. The molecule has 1 aromatic carbocycles. The third-order valence-corrected chi connectivity index (χ3v) is 4.96. The summed E-state index contributed by atoms with van der Waals surface area (Å²) in [6.07, 6.45) is 0.965. The molecule has 0 atom stereocenters. The van der Waals surface area contributed by atoms with Gasteiger partial charge in [-0.1, -0.05) is 23.2 Å². The lowest BCUT2D eigenvalue weighted by atomic mass is 10.3. The van der Waals surface area contributed by atoms with E-state index < -0.39 is 27.3 Å². The number of hydrogen-bond acceptors (Lipinski definition) is 3. The molecule has 1 N–H and O–H groups in total. The second-order valence-corrected chi connectivity index (χ2v) is 7.10. The van der Waals surface area contributed by atoms with Gasteiger partial charge in [-0.2, -0.15) is 0 Å². The van der Waals surface area contributed by atoms with E-state index in [1.807, 2.05) is 4.72 Å². The lowest BCUT2D eigenvalue weighted by Crippen LogP contribution is -2.14. The van der Waals surface area contributed by atoms with Crippen LogP contribution >= 0.6 is 39.1 Å². The lowest BCUT2D eigenvalue weighted by molar-refractivity contribution is 0.579. The molecule has 0 saturated heterocycles. The smallest absolute Gasteiger partial charge is 0.263 e. The van der Waals surface area contributed by atoms with E-state index in [2.05, 4.69) is 20.9 Å². The van der Waals surface area contributed by atoms with Gasteiger partial charge < -0.3 is 0 Å². The molecule has 10 heteroatoms. The molecular formula is C11H5BrCl2F2N2O2S. The molecule has 0 amide bonds. The van der Waals surface area contributed by atoms with E-state index in [1.165, 1.54) is 0 Å². The number of hydrogen-bond donors (Lipinski definition) is 1. The second-order valence-electron chi connectivity index (χ2n) is 3.80. The Morgan fingerprint density at radius 3 is 2.43 bits per heavy atom. The highest BCUT2D eigenvalue weighted by molar-refractivity contribution is 9.10. The fraction of sp³-hybridized carbons (Fsp3) is 0. The first-order valence-corrected chi connectivity index (χ1v) is 8.22. The number of sulfonamides is 1. The largest absolute Gasteiger partial charge is 0.277 e. The molecule has 0 saturated carbocycles. The predicted molar refractivity (Wildman–Crippen MR) is 79.1 cm³/mol. The molecule has 1 heterocycles. The van der Waals surface area contributed by atoms with Gasteiger partial charge in [-0.15, -0.1) is 0 Å². The van der Waals surface area contributed by atoms with Crippen LogP contribution in [-0.2, 0) is 10.0 Å². The Labute approximate surface area is 137 Å². The van der Waals surface area contributed by atoms with Gasteiger partial charge in [-0.25, -0.2) is 22.2 Å². The Morgan fingerprint density at radius 1 is 1.14 bits per heavy atom. The Morgan fingerprint density at radius 2 is 1.81 bits per heavy atom. The van der Waals surface area contributed by atoms with Gasteiger partial charge in [-0.3, -0.25) is 4.72 Å². The Hall–Kier alpha value is -0.960. The maximum atomic E-state index is 13.6. The van der Waals surface area contributed by atoms with E-state index in [0.29, 0.717) is 6.07 Å². The van der Waals surface area contributed by atoms with Gasteiger partial charge >= 0.3 is 0 Å². The monoisotopic (exact) mass is 416 g/mol. The van der Waals surface area contributed by atoms with Crippen molar-refractivity contribution in [1.82, 2.24) is 4.98 Å². The molecule has 0 radical (unpaired) electrons. The van der Waals surface area contributed by atoms with Gasteiger partial charge in [0.15, 0.2) is 0 Å². The third kappa shape index (κ3) is 3.63. The zero-order chi connectivity index (χ0) is 15.8. The van der Waals surface area contributed by atoms with Crippen molar-refractivity contribution in [2.45, 2.75) is 4.90 Å². The first-order chi connectivity index (χ1) is 9.70. The van der Waals surface area contributed by atoms with Gasteiger partial charge in [-0.05, 0) is 28.1 Å². The lowest BCUT2D eigenvalue weighted by Gasteiger charge is -2.10. The molecular weight excluding hydrogens is 413 g/mol. The number of anilines is 1. The SMILES string of the molecule is O=S(=O)(Nc1cc(Br)c(F)cc1F)c1cnc(Cl)c(Cl)c1. The highest BCUT2D eigenvalue weighted by Crippen LogP contribution is 2.27.